The number of ether oxygens (including phenoxy) is 1. The maximum atomic E-state index is 13.0. The van der Waals surface area contributed by atoms with E-state index in [0.29, 0.717) is 6.08 Å². The highest BCUT2D eigenvalue weighted by Gasteiger charge is 2.00. The molecular formula is C10H8FO3-. The van der Waals surface area contributed by atoms with Crippen LogP contribution in [0.1, 0.15) is 5.56 Å². The highest BCUT2D eigenvalue weighted by molar-refractivity contribution is 5.88. The molecule has 0 radical (unpaired) electrons. The molecule has 3 nitrogen and oxygen atoms in total. The van der Waals surface area contributed by atoms with E-state index >= 15 is 0 Å². The van der Waals surface area contributed by atoms with E-state index in [2.05, 4.69) is 4.74 Å². The van der Waals surface area contributed by atoms with Crippen LogP contribution in [-0.2, 0) is 9.53 Å². The highest BCUT2D eigenvalue weighted by atomic mass is 19.1. The Morgan fingerprint density at radius 3 is 2.71 bits per heavy atom. The van der Waals surface area contributed by atoms with E-state index in [0.717, 1.165) is 13.2 Å². The number of rotatable bonds is 2. The van der Waals surface area contributed by atoms with E-state index < -0.39 is 17.5 Å². The van der Waals surface area contributed by atoms with Gasteiger partial charge < -0.3 is 9.84 Å². The van der Waals surface area contributed by atoms with E-state index in [9.17, 15) is 14.3 Å². The molecule has 0 heterocycles. The van der Waals surface area contributed by atoms with Crippen LogP contribution in [0.4, 0.5) is 4.39 Å². The number of halogens is 1. The average Bonchev–Trinajstić information content (AvgIpc) is 2.18. The minimum absolute atomic E-state index is 0.141. The molecule has 0 spiro atoms. The summed E-state index contributed by atoms with van der Waals surface area (Å²) in [6.45, 7) is 0. The van der Waals surface area contributed by atoms with E-state index in [-0.39, 0.29) is 5.56 Å². The maximum Gasteiger partial charge on any atom is 0.329 e. The van der Waals surface area contributed by atoms with E-state index in [4.69, 9.17) is 0 Å². The lowest BCUT2D eigenvalue weighted by Gasteiger charge is -2.11. The Hall–Kier alpha value is -1.84. The molecule has 0 fully saturated rings. The van der Waals surface area contributed by atoms with Gasteiger partial charge in [-0.25, -0.2) is 9.18 Å². The van der Waals surface area contributed by atoms with Gasteiger partial charge in [0.05, 0.1) is 7.11 Å². The summed E-state index contributed by atoms with van der Waals surface area (Å²) in [5.41, 5.74) is -0.141. The number of benzene rings is 1. The molecule has 0 atom stereocenters. The second kappa shape index (κ2) is 4.41. The zero-order valence-corrected chi connectivity index (χ0v) is 7.49. The molecule has 0 aliphatic rings. The second-order valence-corrected chi connectivity index (χ2v) is 2.51. The molecule has 0 aliphatic carbocycles. The number of hydrogen-bond acceptors (Lipinski definition) is 3. The first kappa shape index (κ1) is 10.2. The van der Waals surface area contributed by atoms with Gasteiger partial charge in [0.15, 0.2) is 0 Å². The Morgan fingerprint density at radius 2 is 2.14 bits per heavy atom. The fraction of sp³-hybridized carbons (Fsp3) is 0.100. The molecule has 1 aromatic carbocycles. The predicted octanol–water partition coefficient (Wildman–Crippen LogP) is 0.700. The Bertz CT molecular complexity index is 371. The van der Waals surface area contributed by atoms with Crippen molar-refractivity contribution in [3.8, 4) is 0 Å². The Kier molecular flexibility index (Phi) is 3.23. The fourth-order valence-electron chi connectivity index (χ4n) is 0.905. The zero-order chi connectivity index (χ0) is 10.6. The topological polar surface area (TPSA) is 49.4 Å². The summed E-state index contributed by atoms with van der Waals surface area (Å²) in [7, 11) is 1.15. The Balaban J connectivity index is 3.00. The molecule has 14 heavy (non-hydrogen) atoms. The SMILES string of the molecule is COC(=O)/C=C(\[O-])c1ccccc1F. The van der Waals surface area contributed by atoms with Gasteiger partial charge in [-0.15, -0.1) is 0 Å². The minimum atomic E-state index is -0.793. The van der Waals surface area contributed by atoms with Gasteiger partial charge in [0.25, 0.3) is 0 Å². The lowest BCUT2D eigenvalue weighted by molar-refractivity contribution is -0.244. The van der Waals surface area contributed by atoms with Gasteiger partial charge in [-0.2, -0.15) is 0 Å². The first-order valence-electron chi connectivity index (χ1n) is 3.86. The third kappa shape index (κ3) is 2.32. The van der Waals surface area contributed by atoms with Gasteiger partial charge in [-0.05, 0) is 6.07 Å². The normalized spacial score (nSPS) is 11.1. The van der Waals surface area contributed by atoms with Crippen LogP contribution in [0.3, 0.4) is 0 Å². The molecule has 0 unspecified atom stereocenters. The number of carbonyl (C=O) groups is 1. The van der Waals surface area contributed by atoms with Gasteiger partial charge in [0.1, 0.15) is 5.82 Å². The predicted molar refractivity (Wildman–Crippen MR) is 46.4 cm³/mol. The zero-order valence-electron chi connectivity index (χ0n) is 7.49. The van der Waals surface area contributed by atoms with Crippen molar-refractivity contribution < 1.29 is 19.0 Å². The summed E-state index contributed by atoms with van der Waals surface area (Å²) in [6, 6.07) is 5.43. The van der Waals surface area contributed by atoms with Crippen molar-refractivity contribution in [2.75, 3.05) is 7.11 Å². The minimum Gasteiger partial charge on any atom is -0.872 e. The molecule has 0 bridgehead atoms. The molecule has 0 saturated heterocycles. The molecule has 0 N–H and O–H groups in total. The van der Waals surface area contributed by atoms with Gasteiger partial charge in [-0.3, -0.25) is 0 Å². The summed E-state index contributed by atoms with van der Waals surface area (Å²) in [4.78, 5) is 10.7. The molecule has 0 saturated carbocycles. The molecule has 74 valence electrons. The summed E-state index contributed by atoms with van der Waals surface area (Å²) < 4.78 is 17.2. The van der Waals surface area contributed by atoms with Crippen LogP contribution in [0.25, 0.3) is 5.76 Å². The van der Waals surface area contributed by atoms with E-state index in [1.807, 2.05) is 0 Å². The average molecular weight is 195 g/mol. The molecular weight excluding hydrogens is 187 g/mol. The third-order valence-corrected chi connectivity index (χ3v) is 1.59. The van der Waals surface area contributed by atoms with E-state index in [1.54, 1.807) is 0 Å². The second-order valence-electron chi connectivity index (χ2n) is 2.51. The van der Waals surface area contributed by atoms with Crippen molar-refractivity contribution in [2.24, 2.45) is 0 Å². The maximum absolute atomic E-state index is 13.0. The standard InChI is InChI=1S/C10H9FO3/c1-14-10(13)6-9(12)7-4-2-3-5-8(7)11/h2-6,12H,1H3/p-1/b9-6-. The molecule has 1 rings (SSSR count). The molecule has 1 aromatic rings. The van der Waals surface area contributed by atoms with Crippen LogP contribution in [-0.4, -0.2) is 13.1 Å². The van der Waals surface area contributed by atoms with Gasteiger partial charge >= 0.3 is 5.97 Å². The first-order chi connectivity index (χ1) is 6.65. The van der Waals surface area contributed by atoms with Crippen LogP contribution in [0.15, 0.2) is 30.3 Å². The summed E-state index contributed by atoms with van der Waals surface area (Å²) in [5.74, 6) is -2.15. The van der Waals surface area contributed by atoms with Gasteiger partial charge in [0, 0.05) is 11.6 Å². The van der Waals surface area contributed by atoms with Crippen LogP contribution in [0.2, 0.25) is 0 Å². The molecule has 0 amide bonds. The summed E-state index contributed by atoms with van der Waals surface area (Å²) >= 11 is 0. The van der Waals surface area contributed by atoms with Crippen LogP contribution >= 0.6 is 0 Å². The number of carbonyl (C=O) groups excluding carboxylic acids is 1. The largest absolute Gasteiger partial charge is 0.872 e. The number of hydrogen-bond donors (Lipinski definition) is 0. The summed E-state index contributed by atoms with van der Waals surface area (Å²) in [6.07, 6.45) is 0.707. The summed E-state index contributed by atoms with van der Waals surface area (Å²) in [5, 5.41) is 11.2. The van der Waals surface area contributed by atoms with E-state index in [1.165, 1.54) is 18.2 Å². The lowest BCUT2D eigenvalue weighted by Crippen LogP contribution is -2.08. The quantitative estimate of drug-likeness (QED) is 0.396. The van der Waals surface area contributed by atoms with Crippen LogP contribution in [0, 0.1) is 5.82 Å². The fourth-order valence-corrected chi connectivity index (χ4v) is 0.905. The van der Waals surface area contributed by atoms with Crippen molar-refractivity contribution in [2.45, 2.75) is 0 Å². The van der Waals surface area contributed by atoms with Crippen molar-refractivity contribution in [1.29, 1.82) is 0 Å². The Morgan fingerprint density at radius 1 is 1.50 bits per heavy atom. The van der Waals surface area contributed by atoms with Crippen LogP contribution in [0.5, 0.6) is 0 Å². The smallest absolute Gasteiger partial charge is 0.329 e. The van der Waals surface area contributed by atoms with Crippen LogP contribution < -0.4 is 5.11 Å². The first-order valence-corrected chi connectivity index (χ1v) is 3.86. The molecule has 4 heteroatoms. The van der Waals surface area contributed by atoms with Gasteiger partial charge in [-0.1, -0.05) is 24.0 Å². The van der Waals surface area contributed by atoms with Crippen molar-refractivity contribution in [1.82, 2.24) is 0 Å². The van der Waals surface area contributed by atoms with Crippen molar-refractivity contribution in [3.63, 3.8) is 0 Å². The Labute approximate surface area is 80.4 Å². The third-order valence-electron chi connectivity index (χ3n) is 1.59. The van der Waals surface area contributed by atoms with Crippen molar-refractivity contribution >= 4 is 11.7 Å². The highest BCUT2D eigenvalue weighted by Crippen LogP contribution is 2.12. The molecule has 0 aliphatic heterocycles. The van der Waals surface area contributed by atoms with Crippen molar-refractivity contribution in [3.05, 3.63) is 41.7 Å². The lowest BCUT2D eigenvalue weighted by atomic mass is 10.1. The number of esters is 1. The number of methoxy groups -OCH3 is 1. The van der Waals surface area contributed by atoms with Gasteiger partial charge in [0.2, 0.25) is 0 Å². The monoisotopic (exact) mass is 195 g/mol. The molecule has 0 aromatic heterocycles.